The average Bonchev–Trinajstić information content (AvgIpc) is 2.72. The number of hydrogen-bond acceptors (Lipinski definition) is 4. The van der Waals surface area contributed by atoms with E-state index in [4.69, 9.17) is 0 Å². The number of alkyl halides is 3. The molecule has 1 atom stereocenters. The predicted molar refractivity (Wildman–Crippen MR) is 114 cm³/mol. The van der Waals surface area contributed by atoms with Gasteiger partial charge in [-0.2, -0.15) is 17.9 Å². The highest BCUT2D eigenvalue weighted by atomic mass is 32.2. The summed E-state index contributed by atoms with van der Waals surface area (Å²) in [6.45, 7) is 3.51. The molecule has 0 fully saturated rings. The third-order valence-corrected chi connectivity index (χ3v) is 8.32. The van der Waals surface area contributed by atoms with Crippen molar-refractivity contribution < 1.29 is 30.0 Å². The van der Waals surface area contributed by atoms with E-state index in [0.29, 0.717) is 12.1 Å². The topological polar surface area (TPSA) is 80.3 Å². The van der Waals surface area contributed by atoms with Crippen molar-refractivity contribution in [1.29, 1.82) is 0 Å². The van der Waals surface area contributed by atoms with Gasteiger partial charge in [0, 0.05) is 0 Å². The van der Waals surface area contributed by atoms with Gasteiger partial charge in [0.05, 0.1) is 15.4 Å². The van der Waals surface area contributed by atoms with E-state index in [9.17, 15) is 30.0 Å². The number of rotatable bonds is 6. The van der Waals surface area contributed by atoms with E-state index in [-0.39, 0.29) is 15.4 Å². The zero-order valence-corrected chi connectivity index (χ0v) is 18.7. The van der Waals surface area contributed by atoms with Crippen LogP contribution in [0.1, 0.15) is 27.6 Å². The molecule has 0 saturated heterocycles. The first-order valence-electron chi connectivity index (χ1n) is 9.37. The molecule has 0 aliphatic heterocycles. The second-order valence-electron chi connectivity index (χ2n) is 7.29. The molecule has 5 nitrogen and oxygen atoms in total. The lowest BCUT2D eigenvalue weighted by molar-refractivity contribution is -0.137. The Kier molecular flexibility index (Phi) is 6.50. The highest BCUT2D eigenvalue weighted by Gasteiger charge is 2.35. The summed E-state index contributed by atoms with van der Waals surface area (Å²) in [6, 6.07) is 14.8. The molecule has 0 aliphatic carbocycles. The predicted octanol–water partition coefficient (Wildman–Crippen LogP) is 4.77. The molecule has 0 spiro atoms. The summed E-state index contributed by atoms with van der Waals surface area (Å²) in [5, 5.41) is -1.83. The molecule has 0 radical (unpaired) electrons. The largest absolute Gasteiger partial charge is 0.416 e. The minimum atomic E-state index is -4.62. The summed E-state index contributed by atoms with van der Waals surface area (Å²) in [5.74, 6) is 0. The van der Waals surface area contributed by atoms with Crippen molar-refractivity contribution in [3.8, 4) is 0 Å². The number of sulfone groups is 1. The van der Waals surface area contributed by atoms with Crippen LogP contribution in [0.3, 0.4) is 0 Å². The lowest BCUT2D eigenvalue weighted by atomic mass is 10.1. The highest BCUT2D eigenvalue weighted by Crippen LogP contribution is 2.33. The van der Waals surface area contributed by atoms with E-state index in [0.717, 1.165) is 23.3 Å². The monoisotopic (exact) mass is 483 g/mol. The number of benzene rings is 3. The number of aryl methyl sites for hydroxylation is 2. The van der Waals surface area contributed by atoms with Gasteiger partial charge >= 0.3 is 6.18 Å². The fourth-order valence-electron chi connectivity index (χ4n) is 2.95. The summed E-state index contributed by atoms with van der Waals surface area (Å²) in [4.78, 5) is -0.335. The molecule has 0 aromatic heterocycles. The highest BCUT2D eigenvalue weighted by molar-refractivity contribution is 7.94. The van der Waals surface area contributed by atoms with Crippen LogP contribution in [0.15, 0.2) is 82.6 Å². The maximum atomic E-state index is 13.3. The Bertz CT molecular complexity index is 1300. The molecule has 3 aromatic rings. The summed E-state index contributed by atoms with van der Waals surface area (Å²) in [6.07, 6.45) is -4.62. The molecule has 0 aliphatic rings. The molecule has 3 rings (SSSR count). The van der Waals surface area contributed by atoms with Crippen molar-refractivity contribution in [2.75, 3.05) is 0 Å². The summed E-state index contributed by atoms with van der Waals surface area (Å²) >= 11 is 0. The van der Waals surface area contributed by atoms with E-state index in [1.165, 1.54) is 24.3 Å². The van der Waals surface area contributed by atoms with E-state index in [2.05, 4.69) is 4.72 Å². The van der Waals surface area contributed by atoms with Gasteiger partial charge in [0.25, 0.3) is 0 Å². The molecule has 0 bridgehead atoms. The van der Waals surface area contributed by atoms with Gasteiger partial charge < -0.3 is 0 Å². The lowest BCUT2D eigenvalue weighted by Gasteiger charge is -2.21. The SMILES string of the molecule is Cc1ccc(S(=O)(=O)NC(c2ccc(C(F)(F)F)cc2)S(=O)(=O)c2ccc(C)cc2)cc1. The minimum absolute atomic E-state index is 0.144. The Hall–Kier alpha value is -2.69. The van der Waals surface area contributed by atoms with E-state index >= 15 is 0 Å². The van der Waals surface area contributed by atoms with Crippen LogP contribution in [0.2, 0.25) is 0 Å². The molecule has 10 heteroatoms. The van der Waals surface area contributed by atoms with Crippen LogP contribution in [-0.4, -0.2) is 16.8 Å². The zero-order valence-electron chi connectivity index (χ0n) is 17.1. The van der Waals surface area contributed by atoms with Gasteiger partial charge in [-0.1, -0.05) is 47.5 Å². The average molecular weight is 484 g/mol. The van der Waals surface area contributed by atoms with Gasteiger partial charge in [0.15, 0.2) is 15.2 Å². The first kappa shape index (κ1) is 24.0. The minimum Gasteiger partial charge on any atom is -0.222 e. The molecule has 3 aromatic carbocycles. The van der Waals surface area contributed by atoms with Crippen LogP contribution >= 0.6 is 0 Å². The van der Waals surface area contributed by atoms with Crippen molar-refractivity contribution in [2.24, 2.45) is 0 Å². The number of sulfonamides is 1. The van der Waals surface area contributed by atoms with Gasteiger partial charge in [0.1, 0.15) is 0 Å². The van der Waals surface area contributed by atoms with E-state index in [1.807, 2.05) is 0 Å². The first-order valence-corrected chi connectivity index (χ1v) is 12.4. The molecule has 0 heterocycles. The van der Waals surface area contributed by atoms with Crippen molar-refractivity contribution >= 4 is 19.9 Å². The lowest BCUT2D eigenvalue weighted by Crippen LogP contribution is -2.34. The Balaban J connectivity index is 2.10. The number of nitrogens with one attached hydrogen (secondary N) is 1. The van der Waals surface area contributed by atoms with E-state index in [1.54, 1.807) is 38.1 Å². The van der Waals surface area contributed by atoms with E-state index < -0.39 is 37.0 Å². The van der Waals surface area contributed by atoms with Crippen molar-refractivity contribution in [1.82, 2.24) is 4.72 Å². The van der Waals surface area contributed by atoms with Crippen LogP contribution in [0.25, 0.3) is 0 Å². The fourth-order valence-corrected chi connectivity index (χ4v) is 6.19. The van der Waals surface area contributed by atoms with Gasteiger partial charge in [-0.15, -0.1) is 0 Å². The second kappa shape index (κ2) is 8.68. The Labute approximate surface area is 184 Å². The Morgan fingerprint density at radius 3 is 1.56 bits per heavy atom. The Morgan fingerprint density at radius 2 is 1.12 bits per heavy atom. The van der Waals surface area contributed by atoms with Gasteiger partial charge in [0.2, 0.25) is 10.0 Å². The van der Waals surface area contributed by atoms with Crippen LogP contribution in [0.4, 0.5) is 13.2 Å². The second-order valence-corrected chi connectivity index (χ2v) is 11.0. The summed E-state index contributed by atoms with van der Waals surface area (Å²) in [7, 11) is -8.65. The van der Waals surface area contributed by atoms with Crippen LogP contribution in [-0.2, 0) is 26.0 Å². The molecule has 0 amide bonds. The van der Waals surface area contributed by atoms with Crippen molar-refractivity contribution in [3.05, 3.63) is 95.1 Å². The van der Waals surface area contributed by atoms with Gasteiger partial charge in [-0.3, -0.25) is 0 Å². The third-order valence-electron chi connectivity index (χ3n) is 4.79. The van der Waals surface area contributed by atoms with Crippen LogP contribution in [0.5, 0.6) is 0 Å². The molecule has 1 N–H and O–H groups in total. The van der Waals surface area contributed by atoms with Crippen molar-refractivity contribution in [3.63, 3.8) is 0 Å². The number of hydrogen-bond donors (Lipinski definition) is 1. The summed E-state index contributed by atoms with van der Waals surface area (Å²) in [5.41, 5.74) is 0.467. The maximum absolute atomic E-state index is 13.3. The maximum Gasteiger partial charge on any atom is 0.416 e. The van der Waals surface area contributed by atoms with Gasteiger partial charge in [-0.05, 0) is 55.8 Å². The smallest absolute Gasteiger partial charge is 0.222 e. The summed E-state index contributed by atoms with van der Waals surface area (Å²) < 4.78 is 93.6. The first-order chi connectivity index (χ1) is 14.8. The molecular weight excluding hydrogens is 463 g/mol. The van der Waals surface area contributed by atoms with Crippen LogP contribution in [0, 0.1) is 13.8 Å². The van der Waals surface area contributed by atoms with Crippen LogP contribution < -0.4 is 4.72 Å². The van der Waals surface area contributed by atoms with Gasteiger partial charge in [-0.25, -0.2) is 16.8 Å². The zero-order chi connectivity index (χ0) is 23.7. The quantitative estimate of drug-likeness (QED) is 0.548. The van der Waals surface area contributed by atoms with Crippen molar-refractivity contribution in [2.45, 2.75) is 35.2 Å². The third kappa shape index (κ3) is 5.20. The number of halogens is 3. The molecular formula is C22H20F3NO4S2. The standard InChI is InChI=1S/C22H20F3NO4S2/c1-15-3-11-19(12-4-15)31(27,28)21(17-7-9-18(10-8-17)22(23,24)25)26-32(29,30)20-13-5-16(2)6-14-20/h3-14,21,26H,1-2H3. The molecule has 1 unspecified atom stereocenters. The molecule has 170 valence electrons. The fraction of sp³-hybridized carbons (Fsp3) is 0.182. The normalized spacial score (nSPS) is 13.7. The molecule has 0 saturated carbocycles. The molecule has 32 heavy (non-hydrogen) atoms. The Morgan fingerprint density at radius 1 is 0.688 bits per heavy atom.